The van der Waals surface area contributed by atoms with Gasteiger partial charge in [-0.2, -0.15) is 13.2 Å². The molecule has 1 rings (SSSR count). The summed E-state index contributed by atoms with van der Waals surface area (Å²) in [6, 6.07) is 3.90. The van der Waals surface area contributed by atoms with E-state index in [0.29, 0.717) is 6.07 Å². The van der Waals surface area contributed by atoms with Crippen LogP contribution >= 0.6 is 0 Å². The smallest absolute Gasteiger partial charge is 0.429 e. The lowest BCUT2D eigenvalue weighted by Crippen LogP contribution is -2.30. The Morgan fingerprint density at radius 2 is 1.62 bits per heavy atom. The zero-order valence-electron chi connectivity index (χ0n) is 7.89. The molecule has 1 aromatic rings. The summed E-state index contributed by atoms with van der Waals surface area (Å²) in [6.45, 7) is 0. The van der Waals surface area contributed by atoms with Crippen LogP contribution in [0.4, 0.5) is 13.2 Å². The van der Waals surface area contributed by atoms with Gasteiger partial charge in [-0.1, -0.05) is 24.3 Å². The number of alkyl halides is 3. The predicted octanol–water partition coefficient (Wildman–Crippen LogP) is -1.11. The fourth-order valence-electron chi connectivity index (χ4n) is 0.876. The van der Waals surface area contributed by atoms with Crippen molar-refractivity contribution < 1.29 is 33.3 Å². The zero-order chi connectivity index (χ0) is 12.8. The van der Waals surface area contributed by atoms with Crippen molar-refractivity contribution in [1.29, 1.82) is 0 Å². The lowest BCUT2D eigenvalue weighted by molar-refractivity contribution is -0.137. The van der Waals surface area contributed by atoms with Crippen molar-refractivity contribution in [2.45, 2.75) is 6.18 Å². The van der Waals surface area contributed by atoms with Gasteiger partial charge in [0.2, 0.25) is 0 Å². The maximum absolute atomic E-state index is 12.1. The van der Waals surface area contributed by atoms with E-state index in [2.05, 4.69) is 0 Å². The Balaban J connectivity index is 0.000000673. The van der Waals surface area contributed by atoms with Crippen molar-refractivity contribution in [2.24, 2.45) is 0 Å². The minimum Gasteiger partial charge on any atom is -0.429 e. The first-order valence-corrected chi connectivity index (χ1v) is 3.96. The molecule has 4 N–H and O–H groups in total. The van der Waals surface area contributed by atoms with Gasteiger partial charge in [0, 0.05) is 0 Å². The second-order valence-corrected chi connectivity index (χ2v) is 2.61. The molecule has 0 fully saturated rings. The molecule has 16 heavy (non-hydrogen) atoms. The highest BCUT2D eigenvalue weighted by molar-refractivity contribution is 6.58. The lowest BCUT2D eigenvalue weighted by Gasteiger charge is -2.07. The van der Waals surface area contributed by atoms with Gasteiger partial charge >= 0.3 is 21.0 Å². The van der Waals surface area contributed by atoms with Crippen molar-refractivity contribution >= 4 is 20.3 Å². The first kappa shape index (κ1) is 15.0. The molecule has 0 aliphatic carbocycles. The Labute approximate surface area is 90.4 Å². The molecule has 0 aliphatic rings. The summed E-state index contributed by atoms with van der Waals surface area (Å²) in [4.78, 5) is 0. The summed E-state index contributed by atoms with van der Waals surface area (Å²) < 4.78 is 36.2. The predicted molar refractivity (Wildman–Crippen MR) is 51.5 cm³/mol. The number of rotatable bonds is 1. The number of halogens is 3. The molecular formula is C7H8B2F3O4. The molecule has 1 radical (unpaired) electrons. The summed E-state index contributed by atoms with van der Waals surface area (Å²) >= 11 is 0. The highest BCUT2D eigenvalue weighted by Gasteiger charge is 2.31. The second kappa shape index (κ2) is 6.54. The third-order valence-corrected chi connectivity index (χ3v) is 1.51. The van der Waals surface area contributed by atoms with Crippen LogP contribution in [0, 0.1) is 0 Å². The summed E-state index contributed by atoms with van der Waals surface area (Å²) in [6.07, 6.45) is -4.45. The molecule has 0 unspecified atom stereocenters. The van der Waals surface area contributed by atoms with Crippen LogP contribution in [0.5, 0.6) is 0 Å². The van der Waals surface area contributed by atoms with Crippen LogP contribution in [0.3, 0.4) is 0 Å². The van der Waals surface area contributed by atoms with E-state index in [4.69, 9.17) is 20.1 Å². The van der Waals surface area contributed by atoms with Crippen molar-refractivity contribution in [1.82, 2.24) is 0 Å². The van der Waals surface area contributed by atoms with E-state index >= 15 is 0 Å². The minimum absolute atomic E-state index is 0. The molecule has 0 aromatic heterocycles. The van der Waals surface area contributed by atoms with Crippen LogP contribution in [-0.4, -0.2) is 34.9 Å². The van der Waals surface area contributed by atoms with Gasteiger partial charge in [-0.25, -0.2) is 0 Å². The van der Waals surface area contributed by atoms with Crippen LogP contribution in [0.25, 0.3) is 0 Å². The van der Waals surface area contributed by atoms with Crippen LogP contribution in [0.2, 0.25) is 0 Å². The standard InChI is InChI=1S/C7H6BF3O2.BH2O2/c9-7(10,11)5-2-1-3-6(4-5)8(12)13;2-1-3/h1-4,12-13H;2-3H. The summed E-state index contributed by atoms with van der Waals surface area (Å²) in [5.41, 5.74) is -1.06. The zero-order valence-corrected chi connectivity index (χ0v) is 7.89. The number of hydrogen-bond acceptors (Lipinski definition) is 4. The molecule has 1 aromatic carbocycles. The molecule has 0 bridgehead atoms. The number of benzene rings is 1. The first-order chi connectivity index (χ1) is 7.32. The van der Waals surface area contributed by atoms with E-state index in [1.165, 1.54) is 6.07 Å². The normalized spacial score (nSPS) is 10.2. The van der Waals surface area contributed by atoms with Crippen LogP contribution in [-0.2, 0) is 6.18 Å². The van der Waals surface area contributed by atoms with Gasteiger partial charge < -0.3 is 20.1 Å². The van der Waals surface area contributed by atoms with Crippen molar-refractivity contribution in [3.8, 4) is 0 Å². The Morgan fingerprint density at radius 3 is 2.00 bits per heavy atom. The molecule has 4 nitrogen and oxygen atoms in total. The van der Waals surface area contributed by atoms with E-state index in [1.807, 2.05) is 0 Å². The van der Waals surface area contributed by atoms with Gasteiger partial charge in [-0.15, -0.1) is 0 Å². The highest BCUT2D eigenvalue weighted by atomic mass is 19.4. The Hall–Kier alpha value is -1.02. The van der Waals surface area contributed by atoms with Crippen LogP contribution in [0.15, 0.2) is 24.3 Å². The minimum atomic E-state index is -4.45. The van der Waals surface area contributed by atoms with Gasteiger partial charge in [-0.3, -0.25) is 0 Å². The van der Waals surface area contributed by atoms with Crippen molar-refractivity contribution in [3.63, 3.8) is 0 Å². The molecule has 0 saturated carbocycles. The fraction of sp³-hybridized carbons (Fsp3) is 0.143. The number of hydrogen-bond donors (Lipinski definition) is 4. The Bertz CT molecular complexity index is 319. The fourth-order valence-corrected chi connectivity index (χ4v) is 0.876. The van der Waals surface area contributed by atoms with E-state index < -0.39 is 18.9 Å². The first-order valence-electron chi connectivity index (χ1n) is 3.96. The molecule has 0 saturated heterocycles. The summed E-state index contributed by atoms with van der Waals surface area (Å²) in [5.74, 6) is 0. The highest BCUT2D eigenvalue weighted by Crippen LogP contribution is 2.28. The molecule has 0 aliphatic heterocycles. The van der Waals surface area contributed by atoms with Gasteiger partial charge in [0.1, 0.15) is 0 Å². The lowest BCUT2D eigenvalue weighted by atomic mass is 9.79. The van der Waals surface area contributed by atoms with E-state index in [1.54, 1.807) is 0 Å². The molecule has 9 heteroatoms. The van der Waals surface area contributed by atoms with Crippen LogP contribution < -0.4 is 5.46 Å². The monoisotopic (exact) mass is 235 g/mol. The maximum Gasteiger partial charge on any atom is 0.488 e. The van der Waals surface area contributed by atoms with E-state index in [0.717, 1.165) is 12.1 Å². The average molecular weight is 235 g/mol. The van der Waals surface area contributed by atoms with Crippen molar-refractivity contribution in [3.05, 3.63) is 29.8 Å². The van der Waals surface area contributed by atoms with E-state index in [9.17, 15) is 13.2 Å². The molecule has 0 atom stereocenters. The van der Waals surface area contributed by atoms with E-state index in [-0.39, 0.29) is 13.1 Å². The van der Waals surface area contributed by atoms with Gasteiger partial charge in [-0.05, 0) is 5.46 Å². The molecular weight excluding hydrogens is 227 g/mol. The Morgan fingerprint density at radius 1 is 1.12 bits per heavy atom. The molecule has 0 spiro atoms. The third kappa shape index (κ3) is 5.17. The Kier molecular flexibility index (Phi) is 6.12. The quantitative estimate of drug-likeness (QED) is 0.465. The SMILES string of the molecule is OB(O)c1cccc(C(F)(F)F)c1.O[B]O. The van der Waals surface area contributed by atoms with Gasteiger partial charge in [0.05, 0.1) is 5.56 Å². The third-order valence-electron chi connectivity index (χ3n) is 1.51. The average Bonchev–Trinajstić information content (AvgIpc) is 2.18. The molecule has 0 heterocycles. The van der Waals surface area contributed by atoms with Gasteiger partial charge in [0.15, 0.2) is 0 Å². The maximum atomic E-state index is 12.1. The van der Waals surface area contributed by atoms with Crippen LogP contribution in [0.1, 0.15) is 5.56 Å². The largest absolute Gasteiger partial charge is 0.488 e. The molecule has 0 amide bonds. The second-order valence-electron chi connectivity index (χ2n) is 2.61. The molecule has 87 valence electrons. The van der Waals surface area contributed by atoms with Crippen molar-refractivity contribution in [2.75, 3.05) is 0 Å². The summed E-state index contributed by atoms with van der Waals surface area (Å²) in [5, 5.41) is 31.2. The van der Waals surface area contributed by atoms with Gasteiger partial charge in [0.25, 0.3) is 0 Å². The topological polar surface area (TPSA) is 80.9 Å². The summed E-state index contributed by atoms with van der Waals surface area (Å²) in [7, 11) is -1.87.